The molecule has 30 heavy (non-hydrogen) atoms. The van der Waals surface area contributed by atoms with Crippen LogP contribution in [-0.2, 0) is 6.54 Å². The molecule has 0 bridgehead atoms. The van der Waals surface area contributed by atoms with Crippen molar-refractivity contribution < 1.29 is 4.74 Å². The monoisotopic (exact) mass is 527 g/mol. The number of likely N-dealkylation sites (tertiary alicyclic amines) is 1. The molecule has 1 aliphatic rings. The maximum absolute atomic E-state index is 5.20. The van der Waals surface area contributed by atoms with Crippen LogP contribution in [0.4, 0.5) is 0 Å². The predicted molar refractivity (Wildman–Crippen MR) is 131 cm³/mol. The molecule has 1 saturated heterocycles. The average Bonchev–Trinajstić information content (AvgIpc) is 3.23. The van der Waals surface area contributed by atoms with E-state index in [1.807, 2.05) is 24.3 Å². The minimum atomic E-state index is 0. The number of halogens is 1. The number of benzene rings is 1. The van der Waals surface area contributed by atoms with Gasteiger partial charge in [0, 0.05) is 31.2 Å². The molecule has 3 rings (SSSR count). The molecule has 0 radical (unpaired) electrons. The summed E-state index contributed by atoms with van der Waals surface area (Å²) < 4.78 is 5.20. The third kappa shape index (κ3) is 7.12. The number of methoxy groups -OCH3 is 1. The van der Waals surface area contributed by atoms with Gasteiger partial charge in [-0.1, -0.05) is 6.92 Å². The summed E-state index contributed by atoms with van der Waals surface area (Å²) in [6.45, 7) is 9.10. The summed E-state index contributed by atoms with van der Waals surface area (Å²) in [6.07, 6.45) is 3.51. The Labute approximate surface area is 196 Å². The first-order valence-corrected chi connectivity index (χ1v) is 10.5. The molecule has 0 aliphatic carbocycles. The van der Waals surface area contributed by atoms with Crippen LogP contribution in [0, 0.1) is 0 Å². The van der Waals surface area contributed by atoms with Gasteiger partial charge in [-0.15, -0.1) is 24.0 Å². The summed E-state index contributed by atoms with van der Waals surface area (Å²) in [5.41, 5.74) is 0.946. The number of H-pyrrole nitrogens is 1. The number of rotatable bonds is 8. The molecule has 2 aromatic rings. The lowest BCUT2D eigenvalue weighted by molar-refractivity contribution is 0.206. The summed E-state index contributed by atoms with van der Waals surface area (Å²) in [5.74, 6) is 3.06. The summed E-state index contributed by atoms with van der Waals surface area (Å²) in [6, 6.07) is 8.17. The minimum Gasteiger partial charge on any atom is -0.497 e. The van der Waals surface area contributed by atoms with Crippen molar-refractivity contribution in [1.29, 1.82) is 0 Å². The Morgan fingerprint density at radius 2 is 1.97 bits per heavy atom. The molecule has 1 aromatic carbocycles. The topological polar surface area (TPSA) is 90.5 Å². The van der Waals surface area contributed by atoms with Crippen molar-refractivity contribution in [2.24, 2.45) is 4.99 Å². The third-order valence-corrected chi connectivity index (χ3v) is 5.08. The fourth-order valence-electron chi connectivity index (χ4n) is 3.52. The van der Waals surface area contributed by atoms with Gasteiger partial charge in [0.25, 0.3) is 0 Å². The Morgan fingerprint density at radius 3 is 2.60 bits per heavy atom. The predicted octanol–water partition coefficient (Wildman–Crippen LogP) is 3.03. The molecule has 0 unspecified atom stereocenters. The van der Waals surface area contributed by atoms with Gasteiger partial charge >= 0.3 is 0 Å². The van der Waals surface area contributed by atoms with Crippen LogP contribution >= 0.6 is 24.0 Å². The maximum atomic E-state index is 5.20. The molecule has 166 valence electrons. The van der Waals surface area contributed by atoms with Crippen LogP contribution in [0.2, 0.25) is 0 Å². The highest BCUT2D eigenvalue weighted by Crippen LogP contribution is 2.19. The quantitative estimate of drug-likeness (QED) is 0.278. The van der Waals surface area contributed by atoms with Crippen molar-refractivity contribution >= 4 is 29.9 Å². The van der Waals surface area contributed by atoms with Gasteiger partial charge in [-0.2, -0.15) is 5.10 Å². The molecule has 0 spiro atoms. The molecule has 1 aromatic heterocycles. The van der Waals surface area contributed by atoms with Crippen molar-refractivity contribution in [3.8, 4) is 17.1 Å². The number of ether oxygens (including phenoxy) is 1. The number of nitrogens with zero attached hydrogens (tertiary/aromatic N) is 4. The lowest BCUT2D eigenvalue weighted by Gasteiger charge is -2.32. The van der Waals surface area contributed by atoms with Crippen molar-refractivity contribution in [3.05, 3.63) is 30.1 Å². The molecule has 0 atom stereocenters. The van der Waals surface area contributed by atoms with Gasteiger partial charge < -0.3 is 20.3 Å². The van der Waals surface area contributed by atoms with Crippen LogP contribution in [0.5, 0.6) is 5.75 Å². The van der Waals surface area contributed by atoms with E-state index in [-0.39, 0.29) is 24.0 Å². The third-order valence-electron chi connectivity index (χ3n) is 5.08. The van der Waals surface area contributed by atoms with E-state index in [9.17, 15) is 0 Å². The molecule has 0 saturated carbocycles. The fraction of sp³-hybridized carbons (Fsp3) is 0.571. The summed E-state index contributed by atoms with van der Waals surface area (Å²) >= 11 is 0. The van der Waals surface area contributed by atoms with E-state index in [1.165, 1.54) is 13.0 Å². The SMILES string of the molecule is CCCN1CCC(NC(=NCc2nc(-c3ccc(OC)cc3)n[nH]2)NCC)CC1.I. The second kappa shape index (κ2) is 12.7. The number of hydrogen-bond acceptors (Lipinski definition) is 5. The lowest BCUT2D eigenvalue weighted by Crippen LogP contribution is -2.48. The van der Waals surface area contributed by atoms with Crippen molar-refractivity contribution in [1.82, 2.24) is 30.7 Å². The zero-order chi connectivity index (χ0) is 20.5. The highest BCUT2D eigenvalue weighted by atomic mass is 127. The Hall–Kier alpha value is -1.88. The minimum absolute atomic E-state index is 0. The first-order chi connectivity index (χ1) is 14.2. The molecule has 8 nitrogen and oxygen atoms in total. The van der Waals surface area contributed by atoms with E-state index < -0.39 is 0 Å². The van der Waals surface area contributed by atoms with Crippen LogP contribution in [0.1, 0.15) is 38.9 Å². The number of aliphatic imine (C=N–C) groups is 1. The van der Waals surface area contributed by atoms with E-state index in [4.69, 9.17) is 9.73 Å². The Kier molecular flexibility index (Phi) is 10.4. The van der Waals surface area contributed by atoms with Crippen molar-refractivity contribution in [2.45, 2.75) is 45.7 Å². The first kappa shape index (κ1) is 24.4. The molecule has 9 heteroatoms. The first-order valence-electron chi connectivity index (χ1n) is 10.5. The zero-order valence-corrected chi connectivity index (χ0v) is 20.5. The lowest BCUT2D eigenvalue weighted by atomic mass is 10.1. The Morgan fingerprint density at radius 1 is 1.23 bits per heavy atom. The molecule has 2 heterocycles. The maximum Gasteiger partial charge on any atom is 0.191 e. The number of hydrogen-bond donors (Lipinski definition) is 3. The van der Waals surface area contributed by atoms with Crippen LogP contribution < -0.4 is 15.4 Å². The van der Waals surface area contributed by atoms with E-state index in [0.29, 0.717) is 18.4 Å². The van der Waals surface area contributed by atoms with Gasteiger partial charge in [0.1, 0.15) is 18.1 Å². The van der Waals surface area contributed by atoms with Gasteiger partial charge in [-0.05, 0) is 57.0 Å². The molecule has 3 N–H and O–H groups in total. The molecule has 0 amide bonds. The summed E-state index contributed by atoms with van der Waals surface area (Å²) in [7, 11) is 1.66. The Balaban J connectivity index is 0.00000320. The smallest absolute Gasteiger partial charge is 0.191 e. The normalized spacial score (nSPS) is 15.5. The number of piperidine rings is 1. The fourth-order valence-corrected chi connectivity index (χ4v) is 3.52. The number of aromatic nitrogens is 3. The Bertz CT molecular complexity index is 770. The zero-order valence-electron chi connectivity index (χ0n) is 18.1. The van der Waals surface area contributed by atoms with Crippen LogP contribution in [0.15, 0.2) is 29.3 Å². The summed E-state index contributed by atoms with van der Waals surface area (Å²) in [4.78, 5) is 11.8. The number of nitrogens with one attached hydrogen (secondary N) is 3. The van der Waals surface area contributed by atoms with Gasteiger partial charge in [-0.25, -0.2) is 9.98 Å². The van der Waals surface area contributed by atoms with E-state index >= 15 is 0 Å². The van der Waals surface area contributed by atoms with E-state index in [2.05, 4.69) is 44.6 Å². The van der Waals surface area contributed by atoms with Gasteiger partial charge in [0.2, 0.25) is 0 Å². The van der Waals surface area contributed by atoms with Gasteiger partial charge in [0.05, 0.1) is 7.11 Å². The van der Waals surface area contributed by atoms with Crippen LogP contribution in [-0.4, -0.2) is 65.4 Å². The molecule has 1 fully saturated rings. The average molecular weight is 527 g/mol. The standard InChI is InChI=1S/C21H33N7O.HI/c1-4-12-28-13-10-17(11-14-28)24-21(22-5-2)23-15-19-25-20(27-26-19)16-6-8-18(29-3)9-7-16;/h6-9,17H,4-5,10-15H2,1-3H3,(H2,22,23,24)(H,25,26,27);1H. The van der Waals surface area contributed by atoms with Crippen molar-refractivity contribution in [3.63, 3.8) is 0 Å². The largest absolute Gasteiger partial charge is 0.497 e. The second-order valence-electron chi connectivity index (χ2n) is 7.29. The van der Waals surface area contributed by atoms with Crippen LogP contribution in [0.3, 0.4) is 0 Å². The van der Waals surface area contributed by atoms with E-state index in [1.54, 1.807) is 7.11 Å². The van der Waals surface area contributed by atoms with Gasteiger partial charge in [0.15, 0.2) is 11.8 Å². The van der Waals surface area contributed by atoms with Crippen LogP contribution in [0.25, 0.3) is 11.4 Å². The number of guanidine groups is 1. The summed E-state index contributed by atoms with van der Waals surface area (Å²) in [5, 5.41) is 14.2. The van der Waals surface area contributed by atoms with Crippen molar-refractivity contribution in [2.75, 3.05) is 33.3 Å². The molecular formula is C21H34IN7O. The highest BCUT2D eigenvalue weighted by Gasteiger charge is 2.19. The van der Waals surface area contributed by atoms with Gasteiger partial charge in [-0.3, -0.25) is 5.10 Å². The highest BCUT2D eigenvalue weighted by molar-refractivity contribution is 14.0. The number of aromatic amines is 1. The van der Waals surface area contributed by atoms with E-state index in [0.717, 1.165) is 55.6 Å². The molecule has 1 aliphatic heterocycles. The second-order valence-corrected chi connectivity index (χ2v) is 7.29. The molecular weight excluding hydrogens is 493 g/mol.